The van der Waals surface area contributed by atoms with E-state index in [1.807, 2.05) is 11.3 Å². The lowest BCUT2D eigenvalue weighted by molar-refractivity contribution is 0.231. The molecule has 2 rings (SSSR count). The van der Waals surface area contributed by atoms with Crippen molar-refractivity contribution in [2.24, 2.45) is 11.8 Å². The molecule has 1 aromatic heterocycles. The maximum Gasteiger partial charge on any atom is 0.110 e. The van der Waals surface area contributed by atoms with E-state index in [-0.39, 0.29) is 0 Å². The van der Waals surface area contributed by atoms with Crippen molar-refractivity contribution in [3.05, 3.63) is 15.6 Å². The van der Waals surface area contributed by atoms with Gasteiger partial charge in [0.2, 0.25) is 0 Å². The fourth-order valence-corrected chi connectivity index (χ4v) is 4.47. The number of hydrogen-bond acceptors (Lipinski definition) is 3. The third-order valence-corrected chi connectivity index (χ3v) is 5.75. The van der Waals surface area contributed by atoms with Crippen molar-refractivity contribution in [2.45, 2.75) is 72.3 Å². The number of hydrogen-bond donors (Lipinski definition) is 1. The number of aryl methyl sites for hydroxylation is 2. The molecule has 1 fully saturated rings. The smallest absolute Gasteiger partial charge is 0.110 e. The Hall–Kier alpha value is -0.410. The summed E-state index contributed by atoms with van der Waals surface area (Å²) in [5, 5.41) is 5.12. The molecule has 1 N–H and O–H groups in total. The average Bonchev–Trinajstić information content (AvgIpc) is 2.82. The predicted molar refractivity (Wildman–Crippen MR) is 88.4 cm³/mol. The summed E-state index contributed by atoms with van der Waals surface area (Å²) < 4.78 is 0. The van der Waals surface area contributed by atoms with Gasteiger partial charge < -0.3 is 5.32 Å². The Kier molecular flexibility index (Phi) is 6.03. The van der Waals surface area contributed by atoms with Crippen molar-refractivity contribution in [2.75, 3.05) is 6.54 Å². The van der Waals surface area contributed by atoms with Gasteiger partial charge in [-0.25, -0.2) is 4.98 Å². The predicted octanol–water partition coefficient (Wildman–Crippen LogP) is 4.88. The van der Waals surface area contributed by atoms with E-state index >= 15 is 0 Å². The molecule has 0 amide bonds. The van der Waals surface area contributed by atoms with E-state index in [4.69, 9.17) is 4.98 Å². The van der Waals surface area contributed by atoms with Crippen LogP contribution in [0.25, 0.3) is 0 Å². The van der Waals surface area contributed by atoms with Crippen LogP contribution in [-0.2, 0) is 6.42 Å². The molecule has 1 aliphatic carbocycles. The van der Waals surface area contributed by atoms with Crippen LogP contribution >= 0.6 is 11.3 Å². The Balaban J connectivity index is 2.13. The lowest BCUT2D eigenvalue weighted by atomic mass is 9.79. The van der Waals surface area contributed by atoms with Gasteiger partial charge in [0.1, 0.15) is 5.01 Å². The maximum absolute atomic E-state index is 4.93. The molecule has 20 heavy (non-hydrogen) atoms. The summed E-state index contributed by atoms with van der Waals surface area (Å²) in [7, 11) is 0. The molecule has 1 aliphatic rings. The van der Waals surface area contributed by atoms with Crippen molar-refractivity contribution in [3.8, 4) is 0 Å². The molecule has 1 heterocycles. The van der Waals surface area contributed by atoms with Crippen LogP contribution in [0.2, 0.25) is 0 Å². The zero-order valence-electron chi connectivity index (χ0n) is 13.5. The molecular weight excluding hydrogens is 264 g/mol. The van der Waals surface area contributed by atoms with Gasteiger partial charge in [-0.3, -0.25) is 0 Å². The van der Waals surface area contributed by atoms with E-state index in [1.165, 1.54) is 47.7 Å². The van der Waals surface area contributed by atoms with E-state index in [0.717, 1.165) is 24.8 Å². The molecule has 0 aromatic carbocycles. The number of nitrogens with one attached hydrogen (secondary N) is 1. The topological polar surface area (TPSA) is 24.9 Å². The van der Waals surface area contributed by atoms with Crippen LogP contribution in [0.15, 0.2) is 0 Å². The highest BCUT2D eigenvalue weighted by atomic mass is 32.1. The van der Waals surface area contributed by atoms with Crippen LogP contribution in [0, 0.1) is 18.8 Å². The number of aromatic nitrogens is 1. The molecule has 3 heteroatoms. The molecule has 1 atom stereocenters. The molecule has 2 nitrogen and oxygen atoms in total. The van der Waals surface area contributed by atoms with Gasteiger partial charge in [-0.05, 0) is 51.0 Å². The van der Waals surface area contributed by atoms with E-state index in [0.29, 0.717) is 6.04 Å². The highest BCUT2D eigenvalue weighted by molar-refractivity contribution is 7.11. The van der Waals surface area contributed by atoms with Gasteiger partial charge >= 0.3 is 0 Å². The molecule has 1 unspecified atom stereocenters. The van der Waals surface area contributed by atoms with Crippen molar-refractivity contribution in [1.82, 2.24) is 10.3 Å². The molecule has 0 aliphatic heterocycles. The molecule has 0 radical (unpaired) electrons. The summed E-state index contributed by atoms with van der Waals surface area (Å²) in [5.74, 6) is 1.70. The summed E-state index contributed by atoms with van der Waals surface area (Å²) in [6.07, 6.45) is 7.76. The van der Waals surface area contributed by atoms with Gasteiger partial charge in [-0.15, -0.1) is 11.3 Å². The number of nitrogens with zero attached hydrogens (tertiary/aromatic N) is 1. The lowest BCUT2D eigenvalue weighted by Gasteiger charge is -2.32. The summed E-state index contributed by atoms with van der Waals surface area (Å²) >= 11 is 1.92. The van der Waals surface area contributed by atoms with E-state index < -0.39 is 0 Å². The second kappa shape index (κ2) is 7.56. The van der Waals surface area contributed by atoms with Gasteiger partial charge in [0, 0.05) is 4.88 Å². The molecular formula is C17H30N2S. The van der Waals surface area contributed by atoms with Gasteiger partial charge in [-0.1, -0.05) is 33.6 Å². The van der Waals surface area contributed by atoms with Gasteiger partial charge in [0.25, 0.3) is 0 Å². The second-order valence-electron chi connectivity index (χ2n) is 6.36. The molecule has 1 aromatic rings. The quantitative estimate of drug-likeness (QED) is 0.808. The fraction of sp³-hybridized carbons (Fsp3) is 0.824. The van der Waals surface area contributed by atoms with Crippen LogP contribution in [0.3, 0.4) is 0 Å². The van der Waals surface area contributed by atoms with Crippen molar-refractivity contribution < 1.29 is 0 Å². The van der Waals surface area contributed by atoms with Crippen LogP contribution in [-0.4, -0.2) is 11.5 Å². The fourth-order valence-electron chi connectivity index (χ4n) is 3.29. The summed E-state index contributed by atoms with van der Waals surface area (Å²) in [6, 6.07) is 0.492. The minimum Gasteiger partial charge on any atom is -0.308 e. The van der Waals surface area contributed by atoms with Crippen LogP contribution in [0.4, 0.5) is 0 Å². The second-order valence-corrected chi connectivity index (χ2v) is 7.60. The Morgan fingerprint density at radius 1 is 1.25 bits per heavy atom. The first-order valence-corrected chi connectivity index (χ1v) is 9.16. The molecule has 0 bridgehead atoms. The summed E-state index contributed by atoms with van der Waals surface area (Å²) in [4.78, 5) is 6.34. The Bertz CT molecular complexity index is 405. The normalized spacial score (nSPS) is 24.8. The maximum atomic E-state index is 4.93. The van der Waals surface area contributed by atoms with Crippen LogP contribution in [0.1, 0.15) is 74.5 Å². The van der Waals surface area contributed by atoms with Crippen molar-refractivity contribution >= 4 is 11.3 Å². The number of thiazole rings is 1. The number of rotatable bonds is 6. The van der Waals surface area contributed by atoms with Gasteiger partial charge in [0.05, 0.1) is 11.7 Å². The zero-order valence-corrected chi connectivity index (χ0v) is 14.4. The van der Waals surface area contributed by atoms with Crippen molar-refractivity contribution in [1.29, 1.82) is 0 Å². The molecule has 114 valence electrons. The minimum atomic E-state index is 0.492. The Morgan fingerprint density at radius 3 is 2.50 bits per heavy atom. The van der Waals surface area contributed by atoms with E-state index in [1.54, 1.807) is 0 Å². The first-order chi connectivity index (χ1) is 9.65. The first kappa shape index (κ1) is 16.0. The van der Waals surface area contributed by atoms with Gasteiger partial charge in [0.15, 0.2) is 0 Å². The highest BCUT2D eigenvalue weighted by Gasteiger charge is 2.29. The van der Waals surface area contributed by atoms with Crippen LogP contribution in [0.5, 0.6) is 0 Å². The molecule has 0 spiro atoms. The minimum absolute atomic E-state index is 0.492. The van der Waals surface area contributed by atoms with Crippen LogP contribution < -0.4 is 5.32 Å². The lowest BCUT2D eigenvalue weighted by Crippen LogP contribution is -2.31. The first-order valence-electron chi connectivity index (χ1n) is 8.35. The molecule has 1 saturated carbocycles. The Morgan fingerprint density at radius 2 is 1.95 bits per heavy atom. The molecule has 0 saturated heterocycles. The van der Waals surface area contributed by atoms with Gasteiger partial charge in [-0.2, -0.15) is 0 Å². The average molecular weight is 295 g/mol. The third kappa shape index (κ3) is 3.82. The largest absolute Gasteiger partial charge is 0.308 e. The van der Waals surface area contributed by atoms with E-state index in [9.17, 15) is 0 Å². The SMILES string of the molecule is CCCNC(c1nc(CC)c(C)s1)C1CCC(C)CC1. The highest BCUT2D eigenvalue weighted by Crippen LogP contribution is 2.38. The summed E-state index contributed by atoms with van der Waals surface area (Å²) in [5.41, 5.74) is 1.30. The Labute approximate surface area is 128 Å². The third-order valence-electron chi connectivity index (χ3n) is 4.66. The summed E-state index contributed by atoms with van der Waals surface area (Å²) in [6.45, 7) is 10.2. The van der Waals surface area contributed by atoms with Crippen molar-refractivity contribution in [3.63, 3.8) is 0 Å². The standard InChI is InChI=1S/C17H30N2S/c1-5-11-18-16(14-9-7-12(3)8-10-14)17-19-15(6-2)13(4)20-17/h12,14,16,18H,5-11H2,1-4H3. The zero-order chi connectivity index (χ0) is 14.5. The van der Waals surface area contributed by atoms with E-state index in [2.05, 4.69) is 33.0 Å². The monoisotopic (exact) mass is 294 g/mol.